The van der Waals surface area contributed by atoms with Gasteiger partial charge in [-0.25, -0.2) is 13.3 Å². The molecule has 2 fully saturated rings. The molecule has 1 aromatic rings. The van der Waals surface area contributed by atoms with Crippen molar-refractivity contribution >= 4 is 40.5 Å². The summed E-state index contributed by atoms with van der Waals surface area (Å²) in [6.45, 7) is 18.4. The molecular formula is C39H60N6O6S. The molecule has 0 radical (unpaired) electrons. The van der Waals surface area contributed by atoms with Crippen LogP contribution in [-0.2, 0) is 43.0 Å². The number of Topliss-reactive ketones (excluding diaryl/α,β-unsaturated/α-hetero) is 1. The molecule has 5 amide bonds. The number of amides is 5. The van der Waals surface area contributed by atoms with Crippen LogP contribution in [0.4, 0.5) is 4.79 Å². The Morgan fingerprint density at radius 3 is 2.25 bits per heavy atom. The van der Waals surface area contributed by atoms with Crippen molar-refractivity contribution in [1.29, 1.82) is 0 Å². The van der Waals surface area contributed by atoms with E-state index < -0.39 is 52.7 Å². The van der Waals surface area contributed by atoms with Crippen molar-refractivity contribution in [2.75, 3.05) is 32.4 Å². The van der Waals surface area contributed by atoms with E-state index in [-0.39, 0.29) is 47.1 Å². The highest BCUT2D eigenvalue weighted by Gasteiger charge is 2.69. The topological polar surface area (TPSA) is 157 Å². The van der Waals surface area contributed by atoms with Crippen LogP contribution in [0.2, 0.25) is 0 Å². The Morgan fingerprint density at radius 1 is 1.06 bits per heavy atom. The van der Waals surface area contributed by atoms with Gasteiger partial charge in [-0.3, -0.25) is 19.2 Å². The first-order valence-electron chi connectivity index (χ1n) is 18.7. The Hall–Kier alpha value is -3.58. The fraction of sp³-hybridized carbons (Fsp3) is 0.667. The van der Waals surface area contributed by atoms with E-state index in [1.54, 1.807) is 16.3 Å². The number of hydrogen-bond acceptors (Lipinski definition) is 6. The van der Waals surface area contributed by atoms with E-state index in [0.717, 1.165) is 17.5 Å². The third-order valence-electron chi connectivity index (χ3n) is 11.4. The van der Waals surface area contributed by atoms with Crippen molar-refractivity contribution in [3.8, 4) is 0 Å². The normalized spacial score (nSPS) is 22.7. The monoisotopic (exact) mass is 740 g/mol. The molecule has 1 saturated heterocycles. The van der Waals surface area contributed by atoms with Gasteiger partial charge >= 0.3 is 6.03 Å². The summed E-state index contributed by atoms with van der Waals surface area (Å²) in [5.74, 6) is -2.18. The number of unbranched alkanes of at least 4 members (excludes halogenated alkanes) is 1. The molecule has 12 nitrogen and oxygen atoms in total. The van der Waals surface area contributed by atoms with E-state index in [4.69, 9.17) is 0 Å². The number of hydrogen-bond donors (Lipinski definition) is 4. The summed E-state index contributed by atoms with van der Waals surface area (Å²) >= 11 is 0. The van der Waals surface area contributed by atoms with Gasteiger partial charge in [0.2, 0.25) is 17.6 Å². The van der Waals surface area contributed by atoms with Crippen molar-refractivity contribution in [3.05, 3.63) is 48.0 Å². The number of fused-ring (bicyclic) bond motifs is 2. The summed E-state index contributed by atoms with van der Waals surface area (Å²) in [6, 6.07) is 4.28. The van der Waals surface area contributed by atoms with Crippen molar-refractivity contribution in [1.82, 2.24) is 30.5 Å². The highest BCUT2D eigenvalue weighted by molar-refractivity contribution is 7.82. The molecule has 2 aliphatic carbocycles. The zero-order chi connectivity index (χ0) is 38.5. The van der Waals surface area contributed by atoms with Crippen molar-refractivity contribution < 1.29 is 28.2 Å². The molecular weight excluding hydrogens is 681 g/mol. The first kappa shape index (κ1) is 41.2. The average molecular weight is 741 g/mol. The maximum Gasteiger partial charge on any atom is 0.315 e. The lowest BCUT2D eigenvalue weighted by molar-refractivity contribution is -0.144. The lowest BCUT2D eigenvalue weighted by atomic mass is 9.86. The maximum atomic E-state index is 14.8. The molecule has 52 heavy (non-hydrogen) atoms. The van der Waals surface area contributed by atoms with Gasteiger partial charge in [0.05, 0.1) is 17.0 Å². The van der Waals surface area contributed by atoms with Gasteiger partial charge in [0.15, 0.2) is 0 Å². The van der Waals surface area contributed by atoms with E-state index >= 15 is 0 Å². The summed E-state index contributed by atoms with van der Waals surface area (Å²) in [5, 5.41) is 11.5. The number of rotatable bonds is 17. The molecule has 1 saturated carbocycles. The smallest absolute Gasteiger partial charge is 0.315 e. The number of nitrogens with zero attached hydrogens (tertiary/aromatic N) is 2. The number of carbonyl (C=O) groups is 5. The number of likely N-dealkylation sites (N-methyl/N-ethyl adjacent to an activating group) is 1. The average Bonchev–Trinajstić information content (AvgIpc) is 3.45. The highest BCUT2D eigenvalue weighted by atomic mass is 32.2. The molecule has 7 atom stereocenters. The first-order valence-corrected chi connectivity index (χ1v) is 20.0. The van der Waals surface area contributed by atoms with Crippen LogP contribution in [0.25, 0.3) is 0 Å². The lowest BCUT2D eigenvalue weighted by Crippen LogP contribution is -2.61. The molecule has 4 N–H and O–H groups in total. The van der Waals surface area contributed by atoms with Crippen LogP contribution in [0.1, 0.15) is 78.9 Å². The Bertz CT molecular complexity index is 1520. The van der Waals surface area contributed by atoms with Gasteiger partial charge in [0, 0.05) is 31.4 Å². The minimum atomic E-state index is -1.20. The largest absolute Gasteiger partial charge is 0.346 e. The molecule has 288 valence electrons. The molecule has 1 heterocycles. The zero-order valence-corrected chi connectivity index (χ0v) is 33.1. The Balaban J connectivity index is 1.61. The molecule has 1 aliphatic heterocycles. The molecule has 0 aromatic heterocycles. The molecule has 2 unspecified atom stereocenters. The van der Waals surface area contributed by atoms with Crippen molar-refractivity contribution in [2.24, 2.45) is 28.6 Å². The van der Waals surface area contributed by atoms with Crippen LogP contribution in [-0.4, -0.2) is 99.6 Å². The second-order valence-corrected chi connectivity index (χ2v) is 18.2. The van der Waals surface area contributed by atoms with Gasteiger partial charge in [-0.2, -0.15) is 0 Å². The van der Waals surface area contributed by atoms with Gasteiger partial charge < -0.3 is 26.2 Å². The third kappa shape index (κ3) is 9.31. The predicted molar refractivity (Wildman–Crippen MR) is 203 cm³/mol. The summed E-state index contributed by atoms with van der Waals surface area (Å²) < 4.78 is 14.3. The quantitative estimate of drug-likeness (QED) is 0.142. The number of ketones is 1. The summed E-state index contributed by atoms with van der Waals surface area (Å²) in [7, 11) is 0.564. The summed E-state index contributed by atoms with van der Waals surface area (Å²) in [6.07, 6.45) is 4.34. The number of nitrogens with one attached hydrogen (secondary N) is 4. The first-order chi connectivity index (χ1) is 24.5. The van der Waals surface area contributed by atoms with Crippen LogP contribution in [0.15, 0.2) is 36.9 Å². The van der Waals surface area contributed by atoms with Gasteiger partial charge in [-0.1, -0.05) is 91.6 Å². The van der Waals surface area contributed by atoms with Gasteiger partial charge in [-0.15, -0.1) is 6.58 Å². The predicted octanol–water partition coefficient (Wildman–Crippen LogP) is 3.13. The van der Waals surface area contributed by atoms with Gasteiger partial charge in [0.25, 0.3) is 5.91 Å². The van der Waals surface area contributed by atoms with Crippen LogP contribution in [0, 0.1) is 28.6 Å². The number of likely N-dealkylation sites (tertiary alicyclic amines) is 1. The molecule has 0 spiro atoms. The Kier molecular flexibility index (Phi) is 13.5. The lowest BCUT2D eigenvalue weighted by Gasteiger charge is -2.37. The maximum absolute atomic E-state index is 14.8. The Morgan fingerprint density at radius 2 is 1.69 bits per heavy atom. The summed E-state index contributed by atoms with van der Waals surface area (Å²) in [5.41, 5.74) is 1.66. The van der Waals surface area contributed by atoms with E-state index in [1.165, 1.54) is 6.08 Å². The molecule has 4 rings (SSSR count). The van der Waals surface area contributed by atoms with E-state index in [0.29, 0.717) is 44.5 Å². The molecule has 0 bridgehead atoms. The van der Waals surface area contributed by atoms with Crippen LogP contribution < -0.4 is 21.3 Å². The third-order valence-corrected chi connectivity index (χ3v) is 12.7. The van der Waals surface area contributed by atoms with E-state index in [2.05, 4.69) is 41.7 Å². The summed E-state index contributed by atoms with van der Waals surface area (Å²) in [4.78, 5) is 70.4. The van der Waals surface area contributed by atoms with Crippen LogP contribution in [0.3, 0.4) is 0 Å². The Labute approximate surface area is 312 Å². The second-order valence-electron chi connectivity index (χ2n) is 16.3. The fourth-order valence-electron chi connectivity index (χ4n) is 7.98. The van der Waals surface area contributed by atoms with Gasteiger partial charge in [-0.05, 0) is 66.0 Å². The number of piperidine rings is 1. The fourth-order valence-corrected chi connectivity index (χ4v) is 8.74. The molecule has 1 aromatic carbocycles. The zero-order valence-electron chi connectivity index (χ0n) is 32.3. The van der Waals surface area contributed by atoms with E-state index in [9.17, 15) is 28.2 Å². The van der Waals surface area contributed by atoms with E-state index in [1.807, 2.05) is 58.9 Å². The molecule has 13 heteroatoms. The van der Waals surface area contributed by atoms with Gasteiger partial charge in [0.1, 0.15) is 12.1 Å². The highest BCUT2D eigenvalue weighted by Crippen LogP contribution is 2.65. The van der Waals surface area contributed by atoms with Crippen LogP contribution in [0.5, 0.6) is 0 Å². The second kappa shape index (κ2) is 17.0. The van der Waals surface area contributed by atoms with Crippen LogP contribution >= 0.6 is 0 Å². The number of benzene rings is 1. The standard InChI is InChI=1S/C39H60N6O6S/c1-10-13-18-28(33(46)35(48)40-19-11-2)41-34(47)32-30-27(39(30,7)8)22-45(32)36(49)31(26-20-24-16-14-15-17-25(24)21-26)43-37(50)42-29(38(4,5)6)23-44(9)52(51)12-3/h11,14-17,26-32H,2,10,12-13,18-23H2,1,3-9H3,(H,40,48)(H,41,47)(H2,42,43,50)/t27-,28?,29+,30-,31-,32-,52?/m0/s1. The van der Waals surface area contributed by atoms with Crippen molar-refractivity contribution in [3.63, 3.8) is 0 Å². The SMILES string of the molecule is C=CCNC(=O)C(=O)C(CCCC)NC(=O)[C@@H]1[C@@H]2[C@H](CN1C(=O)[C@@H](NC(=O)N[C@H](CN(C)S(=O)CC)C(C)(C)C)C1Cc3ccccc3C1)C2(C)C. The minimum absolute atomic E-state index is 0.0726. The number of urea groups is 1. The number of carbonyl (C=O) groups excluding carboxylic acids is 5. The molecule has 3 aliphatic rings. The minimum Gasteiger partial charge on any atom is -0.346 e. The van der Waals surface area contributed by atoms with Crippen molar-refractivity contribution in [2.45, 2.75) is 105 Å².